The van der Waals surface area contributed by atoms with Crippen LogP contribution in [0.5, 0.6) is 0 Å². The van der Waals surface area contributed by atoms with Gasteiger partial charge in [0.25, 0.3) is 0 Å². The zero-order valence-corrected chi connectivity index (χ0v) is 11.5. The van der Waals surface area contributed by atoms with Crippen LogP contribution in [0.2, 0.25) is 0 Å². The molecule has 96 valence electrons. The highest BCUT2D eigenvalue weighted by Gasteiger charge is 2.26. The molecule has 19 heavy (non-hydrogen) atoms. The second-order valence-electron chi connectivity index (χ2n) is 5.10. The summed E-state index contributed by atoms with van der Waals surface area (Å²) in [5, 5.41) is 0. The van der Waals surface area contributed by atoms with Gasteiger partial charge in [-0.3, -0.25) is 0 Å². The zero-order valence-electron chi connectivity index (χ0n) is 11.5. The average molecular weight is 248 g/mol. The molecule has 0 heteroatoms. The van der Waals surface area contributed by atoms with Crippen LogP contribution >= 0.6 is 0 Å². The number of hydrogen-bond acceptors (Lipinski definition) is 0. The summed E-state index contributed by atoms with van der Waals surface area (Å²) in [7, 11) is 0. The van der Waals surface area contributed by atoms with Gasteiger partial charge in [0.15, 0.2) is 0 Å². The molecule has 0 saturated carbocycles. The largest absolute Gasteiger partial charge is 0.119 e. The lowest BCUT2D eigenvalue weighted by Crippen LogP contribution is -2.24. The maximum atomic E-state index is 5.86. The molecule has 0 nitrogen and oxygen atoms in total. The lowest BCUT2D eigenvalue weighted by molar-refractivity contribution is 0.380. The Morgan fingerprint density at radius 2 is 1.26 bits per heavy atom. The Morgan fingerprint density at radius 3 is 1.58 bits per heavy atom. The van der Waals surface area contributed by atoms with E-state index in [0.29, 0.717) is 0 Å². The van der Waals surface area contributed by atoms with Crippen LogP contribution in [-0.4, -0.2) is 0 Å². The first kappa shape index (κ1) is 13.4. The highest BCUT2D eigenvalue weighted by molar-refractivity contribution is 5.25. The van der Waals surface area contributed by atoms with Crippen LogP contribution in [0.3, 0.4) is 0 Å². The minimum absolute atomic E-state index is 0.0806. The van der Waals surface area contributed by atoms with Crippen molar-refractivity contribution in [1.82, 2.24) is 0 Å². The average Bonchev–Trinajstić information content (AvgIpc) is 2.48. The molecule has 0 heterocycles. The van der Waals surface area contributed by atoms with Crippen molar-refractivity contribution in [2.24, 2.45) is 5.41 Å². The first-order valence-electron chi connectivity index (χ1n) is 6.83. The number of hydrogen-bond donors (Lipinski definition) is 0. The molecule has 0 spiro atoms. The fourth-order valence-electron chi connectivity index (χ4n) is 2.49. The molecule has 0 amide bonds. The molecule has 0 aliphatic carbocycles. The number of rotatable bonds is 5. The molecule has 0 saturated heterocycles. The van der Waals surface area contributed by atoms with Gasteiger partial charge >= 0.3 is 0 Å². The smallest absolute Gasteiger partial charge is 0.0389 e. The molecule has 2 aromatic carbocycles. The van der Waals surface area contributed by atoms with Crippen LogP contribution < -0.4 is 0 Å². The molecule has 0 aliphatic heterocycles. The quantitative estimate of drug-likeness (QED) is 0.683. The second-order valence-corrected chi connectivity index (χ2v) is 5.10. The van der Waals surface area contributed by atoms with E-state index in [1.54, 1.807) is 0 Å². The van der Waals surface area contributed by atoms with Gasteiger partial charge in [-0.2, -0.15) is 0 Å². The Kier molecular flexibility index (Phi) is 4.42. The summed E-state index contributed by atoms with van der Waals surface area (Å²) in [6.07, 6.45) is 8.74. The summed E-state index contributed by atoms with van der Waals surface area (Å²) >= 11 is 0. The molecule has 0 aromatic heterocycles. The van der Waals surface area contributed by atoms with Crippen LogP contribution in [-0.2, 0) is 12.8 Å². The fourth-order valence-corrected chi connectivity index (χ4v) is 2.49. The van der Waals surface area contributed by atoms with E-state index in [-0.39, 0.29) is 5.41 Å². The van der Waals surface area contributed by atoms with Crippen LogP contribution in [0.15, 0.2) is 60.7 Å². The van der Waals surface area contributed by atoms with Crippen LogP contribution in [0.4, 0.5) is 0 Å². The van der Waals surface area contributed by atoms with Crippen molar-refractivity contribution in [3.05, 3.63) is 71.8 Å². The van der Waals surface area contributed by atoms with Crippen LogP contribution in [0.1, 0.15) is 24.5 Å². The van der Waals surface area contributed by atoms with Crippen LogP contribution in [0.25, 0.3) is 0 Å². The molecule has 0 unspecified atom stereocenters. The lowest BCUT2D eigenvalue weighted by atomic mass is 9.75. The Morgan fingerprint density at radius 1 is 0.842 bits per heavy atom. The Balaban J connectivity index is 2.21. The van der Waals surface area contributed by atoms with Gasteiger partial charge in [0.2, 0.25) is 0 Å². The van der Waals surface area contributed by atoms with Gasteiger partial charge in [-0.05, 0) is 30.4 Å². The minimum Gasteiger partial charge on any atom is -0.119 e. The monoisotopic (exact) mass is 248 g/mol. The normalized spacial score (nSPS) is 10.9. The third kappa shape index (κ3) is 3.48. The molecule has 2 rings (SSSR count). The lowest BCUT2D eigenvalue weighted by Gasteiger charge is -2.27. The van der Waals surface area contributed by atoms with E-state index >= 15 is 0 Å². The first-order valence-corrected chi connectivity index (χ1v) is 6.83. The van der Waals surface area contributed by atoms with Crippen molar-refractivity contribution in [2.45, 2.75) is 26.2 Å². The maximum absolute atomic E-state index is 5.86. The molecule has 0 fully saturated rings. The third-order valence-corrected chi connectivity index (χ3v) is 3.75. The molecule has 0 bridgehead atoms. The third-order valence-electron chi connectivity index (χ3n) is 3.75. The highest BCUT2D eigenvalue weighted by Crippen LogP contribution is 2.30. The Bertz CT molecular complexity index is 490. The van der Waals surface area contributed by atoms with E-state index in [2.05, 4.69) is 61.4 Å². The summed E-state index contributed by atoms with van der Waals surface area (Å²) in [5.74, 6) is 3.06. The van der Waals surface area contributed by atoms with E-state index in [1.807, 2.05) is 12.1 Å². The van der Waals surface area contributed by atoms with Gasteiger partial charge in [-0.25, -0.2) is 0 Å². The predicted octanol–water partition coefficient (Wildman–Crippen LogP) is 4.50. The number of benzene rings is 2. The van der Waals surface area contributed by atoms with E-state index < -0.39 is 0 Å². The van der Waals surface area contributed by atoms with Gasteiger partial charge in [-0.1, -0.05) is 73.5 Å². The van der Waals surface area contributed by atoms with Gasteiger partial charge in [0.1, 0.15) is 0 Å². The van der Waals surface area contributed by atoms with Gasteiger partial charge < -0.3 is 0 Å². The summed E-state index contributed by atoms with van der Waals surface area (Å²) in [5.41, 5.74) is 2.55. The Labute approximate surface area is 116 Å². The van der Waals surface area contributed by atoms with Crippen molar-refractivity contribution in [3.63, 3.8) is 0 Å². The highest BCUT2D eigenvalue weighted by atomic mass is 14.3. The van der Waals surface area contributed by atoms with Crippen molar-refractivity contribution < 1.29 is 0 Å². The SMILES string of the molecule is C#CC(CC)(Cc1ccccc1)Cc1ccccc1. The molecule has 0 N–H and O–H groups in total. The van der Waals surface area contributed by atoms with E-state index in [9.17, 15) is 0 Å². The molecule has 0 radical (unpaired) electrons. The second kappa shape index (κ2) is 6.25. The van der Waals surface area contributed by atoms with Crippen LogP contribution in [0, 0.1) is 17.8 Å². The van der Waals surface area contributed by atoms with E-state index in [0.717, 1.165) is 19.3 Å². The maximum Gasteiger partial charge on any atom is 0.0389 e. The van der Waals surface area contributed by atoms with E-state index in [4.69, 9.17) is 6.42 Å². The minimum atomic E-state index is -0.0806. The summed E-state index contributed by atoms with van der Waals surface area (Å²) in [4.78, 5) is 0. The topological polar surface area (TPSA) is 0 Å². The molecular formula is C19H20. The molecule has 0 atom stereocenters. The van der Waals surface area contributed by atoms with Gasteiger partial charge in [0, 0.05) is 5.41 Å². The van der Waals surface area contributed by atoms with Gasteiger partial charge in [-0.15, -0.1) is 6.42 Å². The Hall–Kier alpha value is -2.00. The van der Waals surface area contributed by atoms with Gasteiger partial charge in [0.05, 0.1) is 0 Å². The zero-order chi connectivity index (χ0) is 13.6. The number of terminal acetylenes is 1. The standard InChI is InChI=1S/C19H20/c1-3-19(4-2,15-17-11-7-5-8-12-17)16-18-13-9-6-10-14-18/h1,5-14H,4,15-16H2,2H3. The fraction of sp³-hybridized carbons (Fsp3) is 0.263. The van der Waals surface area contributed by atoms with Crippen molar-refractivity contribution in [2.75, 3.05) is 0 Å². The van der Waals surface area contributed by atoms with E-state index in [1.165, 1.54) is 11.1 Å². The summed E-state index contributed by atoms with van der Waals surface area (Å²) in [6, 6.07) is 21.0. The predicted molar refractivity (Wildman–Crippen MR) is 81.8 cm³/mol. The first-order chi connectivity index (χ1) is 9.28. The molecule has 0 aliphatic rings. The molecule has 2 aromatic rings. The van der Waals surface area contributed by atoms with Crippen molar-refractivity contribution in [1.29, 1.82) is 0 Å². The summed E-state index contributed by atoms with van der Waals surface area (Å²) in [6.45, 7) is 2.19. The molecular weight excluding hydrogens is 228 g/mol. The van der Waals surface area contributed by atoms with Crippen molar-refractivity contribution in [3.8, 4) is 12.3 Å². The summed E-state index contributed by atoms with van der Waals surface area (Å²) < 4.78 is 0. The van der Waals surface area contributed by atoms with Crippen molar-refractivity contribution >= 4 is 0 Å².